The van der Waals surface area contributed by atoms with Gasteiger partial charge in [0.15, 0.2) is 0 Å². The second kappa shape index (κ2) is 4.22. The molecule has 0 bridgehead atoms. The van der Waals surface area contributed by atoms with Gasteiger partial charge in [-0.3, -0.25) is 4.79 Å². The SMILES string of the molecule is CNC1CC(C)(C)CCN(C2CCC3CC32)C1=O. The maximum atomic E-state index is 12.7. The van der Waals surface area contributed by atoms with Gasteiger partial charge in [0.05, 0.1) is 6.04 Å². The number of nitrogens with zero attached hydrogens (tertiary/aromatic N) is 1. The number of hydrogen-bond donors (Lipinski definition) is 1. The predicted octanol–water partition coefficient (Wildman–Crippen LogP) is 2.02. The summed E-state index contributed by atoms with van der Waals surface area (Å²) in [6, 6.07) is 0.590. The van der Waals surface area contributed by atoms with Crippen LogP contribution >= 0.6 is 0 Å². The maximum Gasteiger partial charge on any atom is 0.239 e. The molecule has 2 saturated carbocycles. The van der Waals surface area contributed by atoms with E-state index in [9.17, 15) is 4.79 Å². The van der Waals surface area contributed by atoms with Crippen LogP contribution in [0.15, 0.2) is 0 Å². The van der Waals surface area contributed by atoms with Gasteiger partial charge >= 0.3 is 0 Å². The van der Waals surface area contributed by atoms with E-state index in [1.807, 2.05) is 7.05 Å². The van der Waals surface area contributed by atoms with Crippen LogP contribution in [0.4, 0.5) is 0 Å². The van der Waals surface area contributed by atoms with Crippen molar-refractivity contribution < 1.29 is 4.79 Å². The topological polar surface area (TPSA) is 32.3 Å². The largest absolute Gasteiger partial charge is 0.338 e. The molecule has 3 nitrogen and oxygen atoms in total. The molecule has 1 N–H and O–H groups in total. The van der Waals surface area contributed by atoms with Crippen LogP contribution in [-0.4, -0.2) is 36.5 Å². The Morgan fingerprint density at radius 2 is 2.11 bits per heavy atom. The Balaban J connectivity index is 1.78. The number of carbonyl (C=O) groups is 1. The van der Waals surface area contributed by atoms with Gasteiger partial charge in [-0.1, -0.05) is 13.8 Å². The molecule has 3 heteroatoms. The van der Waals surface area contributed by atoms with Gasteiger partial charge in [-0.05, 0) is 56.4 Å². The van der Waals surface area contributed by atoms with Crippen molar-refractivity contribution in [3.8, 4) is 0 Å². The maximum absolute atomic E-state index is 12.7. The molecule has 18 heavy (non-hydrogen) atoms. The minimum Gasteiger partial charge on any atom is -0.338 e. The Kier molecular flexibility index (Phi) is 2.92. The average Bonchev–Trinajstić information content (AvgIpc) is 3.01. The first kappa shape index (κ1) is 12.5. The summed E-state index contributed by atoms with van der Waals surface area (Å²) in [6.45, 7) is 5.56. The molecule has 1 saturated heterocycles. The number of fused-ring (bicyclic) bond motifs is 1. The lowest BCUT2D eigenvalue weighted by Gasteiger charge is -2.31. The number of rotatable bonds is 2. The second-order valence-electron chi connectivity index (χ2n) is 7.30. The van der Waals surface area contributed by atoms with Crippen molar-refractivity contribution in [1.82, 2.24) is 10.2 Å². The van der Waals surface area contributed by atoms with Crippen molar-refractivity contribution in [1.29, 1.82) is 0 Å². The van der Waals surface area contributed by atoms with Crippen molar-refractivity contribution in [2.45, 2.75) is 58.0 Å². The molecular weight excluding hydrogens is 224 g/mol. The van der Waals surface area contributed by atoms with Crippen molar-refractivity contribution in [3.05, 3.63) is 0 Å². The lowest BCUT2D eigenvalue weighted by Crippen LogP contribution is -2.48. The second-order valence-corrected chi connectivity index (χ2v) is 7.30. The monoisotopic (exact) mass is 250 g/mol. The van der Waals surface area contributed by atoms with E-state index < -0.39 is 0 Å². The minimum absolute atomic E-state index is 0.0281. The van der Waals surface area contributed by atoms with E-state index in [1.165, 1.54) is 19.3 Å². The van der Waals surface area contributed by atoms with Crippen LogP contribution in [0.2, 0.25) is 0 Å². The molecule has 3 rings (SSSR count). The van der Waals surface area contributed by atoms with Gasteiger partial charge in [-0.15, -0.1) is 0 Å². The van der Waals surface area contributed by atoms with Crippen LogP contribution in [0.1, 0.15) is 46.0 Å². The van der Waals surface area contributed by atoms with Gasteiger partial charge in [0.2, 0.25) is 5.91 Å². The van der Waals surface area contributed by atoms with Gasteiger partial charge in [0.25, 0.3) is 0 Å². The van der Waals surface area contributed by atoms with E-state index in [1.54, 1.807) is 0 Å². The van der Waals surface area contributed by atoms with Crippen molar-refractivity contribution in [2.75, 3.05) is 13.6 Å². The highest BCUT2D eigenvalue weighted by Crippen LogP contribution is 2.54. The van der Waals surface area contributed by atoms with Gasteiger partial charge in [-0.25, -0.2) is 0 Å². The van der Waals surface area contributed by atoms with Crippen LogP contribution in [0, 0.1) is 17.3 Å². The molecule has 0 aromatic rings. The van der Waals surface area contributed by atoms with E-state index in [0.29, 0.717) is 11.9 Å². The molecule has 0 radical (unpaired) electrons. The van der Waals surface area contributed by atoms with E-state index in [2.05, 4.69) is 24.1 Å². The smallest absolute Gasteiger partial charge is 0.239 e. The quantitative estimate of drug-likeness (QED) is 0.813. The molecule has 4 atom stereocenters. The number of hydrogen-bond acceptors (Lipinski definition) is 2. The fraction of sp³-hybridized carbons (Fsp3) is 0.933. The molecule has 3 aliphatic rings. The Labute approximate surface area is 110 Å². The normalized spacial score (nSPS) is 42.6. The molecule has 102 valence electrons. The average molecular weight is 250 g/mol. The minimum atomic E-state index is 0.0281. The third-order valence-corrected chi connectivity index (χ3v) is 5.42. The number of nitrogens with one attached hydrogen (secondary N) is 1. The predicted molar refractivity (Wildman–Crippen MR) is 72.2 cm³/mol. The zero-order valence-corrected chi connectivity index (χ0v) is 11.9. The fourth-order valence-corrected chi connectivity index (χ4v) is 4.09. The van der Waals surface area contributed by atoms with Crippen molar-refractivity contribution in [2.24, 2.45) is 17.3 Å². The fourth-order valence-electron chi connectivity index (χ4n) is 4.09. The highest BCUT2D eigenvalue weighted by Gasteiger charge is 2.52. The summed E-state index contributed by atoms with van der Waals surface area (Å²) >= 11 is 0. The van der Waals surface area contributed by atoms with E-state index in [-0.39, 0.29) is 11.5 Å². The molecule has 1 amide bonds. The third-order valence-electron chi connectivity index (χ3n) is 5.42. The number of carbonyl (C=O) groups excluding carboxylic acids is 1. The molecule has 1 aliphatic heterocycles. The van der Waals surface area contributed by atoms with Crippen LogP contribution in [0.25, 0.3) is 0 Å². The standard InChI is InChI=1S/C15H26N2O/c1-15(2)6-7-17(14(18)12(9-15)16-3)13-5-4-10-8-11(10)13/h10-13,16H,4-9H2,1-3H3. The Bertz CT molecular complexity index is 352. The molecular formula is C15H26N2O. The molecule has 4 unspecified atom stereocenters. The van der Waals surface area contributed by atoms with Gasteiger partial charge in [0.1, 0.15) is 0 Å². The summed E-state index contributed by atoms with van der Waals surface area (Å²) < 4.78 is 0. The molecule has 1 heterocycles. The summed E-state index contributed by atoms with van der Waals surface area (Å²) in [5.74, 6) is 2.15. The van der Waals surface area contributed by atoms with E-state index in [0.717, 1.165) is 31.2 Å². The highest BCUT2D eigenvalue weighted by molar-refractivity contribution is 5.82. The molecule has 0 aromatic heterocycles. The number of likely N-dealkylation sites (tertiary alicyclic amines) is 1. The van der Waals surface area contributed by atoms with E-state index >= 15 is 0 Å². The molecule has 0 spiro atoms. The summed E-state index contributed by atoms with van der Waals surface area (Å²) in [5, 5.41) is 3.24. The molecule has 3 fully saturated rings. The van der Waals surface area contributed by atoms with Crippen molar-refractivity contribution >= 4 is 5.91 Å². The summed E-state index contributed by atoms with van der Waals surface area (Å²) in [5.41, 5.74) is 0.277. The van der Waals surface area contributed by atoms with Crippen LogP contribution in [-0.2, 0) is 4.79 Å². The number of likely N-dealkylation sites (N-methyl/N-ethyl adjacent to an activating group) is 1. The Hall–Kier alpha value is -0.570. The van der Waals surface area contributed by atoms with Gasteiger partial charge in [0, 0.05) is 12.6 Å². The summed E-state index contributed by atoms with van der Waals surface area (Å²) in [7, 11) is 1.93. The van der Waals surface area contributed by atoms with Crippen molar-refractivity contribution in [3.63, 3.8) is 0 Å². The lowest BCUT2D eigenvalue weighted by molar-refractivity contribution is -0.135. The van der Waals surface area contributed by atoms with Gasteiger partial charge in [-0.2, -0.15) is 0 Å². The summed E-state index contributed by atoms with van der Waals surface area (Å²) in [6.07, 6.45) is 6.09. The third kappa shape index (κ3) is 2.07. The van der Waals surface area contributed by atoms with E-state index in [4.69, 9.17) is 0 Å². The van der Waals surface area contributed by atoms with Crippen LogP contribution < -0.4 is 5.32 Å². The lowest BCUT2D eigenvalue weighted by atomic mass is 9.83. The Morgan fingerprint density at radius 1 is 1.33 bits per heavy atom. The zero-order chi connectivity index (χ0) is 12.9. The number of amides is 1. The highest BCUT2D eigenvalue weighted by atomic mass is 16.2. The van der Waals surface area contributed by atoms with Crippen LogP contribution in [0.5, 0.6) is 0 Å². The van der Waals surface area contributed by atoms with Crippen LogP contribution in [0.3, 0.4) is 0 Å². The molecule has 2 aliphatic carbocycles. The first-order valence-electron chi connectivity index (χ1n) is 7.49. The zero-order valence-electron chi connectivity index (χ0n) is 11.9. The Morgan fingerprint density at radius 3 is 2.67 bits per heavy atom. The molecule has 0 aromatic carbocycles. The first-order valence-corrected chi connectivity index (χ1v) is 7.49. The first-order chi connectivity index (χ1) is 8.52. The summed E-state index contributed by atoms with van der Waals surface area (Å²) in [4.78, 5) is 14.9. The van der Waals surface area contributed by atoms with Gasteiger partial charge < -0.3 is 10.2 Å².